The van der Waals surface area contributed by atoms with E-state index < -0.39 is 10.1 Å². The molecule has 0 fully saturated rings. The summed E-state index contributed by atoms with van der Waals surface area (Å²) in [5, 5.41) is 5.37. The lowest BCUT2D eigenvalue weighted by molar-refractivity contribution is -0.556. The van der Waals surface area contributed by atoms with Gasteiger partial charge in [-0.15, -0.1) is 0 Å². The Balaban J connectivity index is 0.000000254. The first kappa shape index (κ1) is 16.1. The van der Waals surface area contributed by atoms with E-state index in [-0.39, 0.29) is 11.3 Å². The van der Waals surface area contributed by atoms with Crippen LogP contribution in [0, 0.1) is 6.92 Å². The van der Waals surface area contributed by atoms with Gasteiger partial charge in [-0.25, -0.2) is 18.2 Å². The molecule has 0 saturated heterocycles. The SMILES string of the molecule is CCS(=O)(=O)[O-].Cc1n[n+]2c(ccc3ccccc32)[nH]c1=O. The number of hydrogen-bond acceptors (Lipinski definition) is 5. The molecule has 3 rings (SSSR count). The number of pyridine rings is 1. The lowest BCUT2D eigenvalue weighted by atomic mass is 10.2. The normalized spacial score (nSPS) is 11.2. The highest BCUT2D eigenvalue weighted by atomic mass is 32.2. The molecule has 116 valence electrons. The lowest BCUT2D eigenvalue weighted by Gasteiger charge is -1.97. The topological polar surface area (TPSA) is 107 Å². The average molecular weight is 321 g/mol. The van der Waals surface area contributed by atoms with Gasteiger partial charge in [0.25, 0.3) is 0 Å². The van der Waals surface area contributed by atoms with Gasteiger partial charge in [0.15, 0.2) is 11.2 Å². The molecule has 0 spiro atoms. The maximum absolute atomic E-state index is 11.4. The highest BCUT2D eigenvalue weighted by Crippen LogP contribution is 2.08. The molecule has 0 bridgehead atoms. The number of nitrogens with zero attached hydrogens (tertiary/aromatic N) is 2. The zero-order chi connectivity index (χ0) is 16.3. The zero-order valence-corrected chi connectivity index (χ0v) is 12.9. The summed E-state index contributed by atoms with van der Waals surface area (Å²) in [4.78, 5) is 14.2. The summed E-state index contributed by atoms with van der Waals surface area (Å²) < 4.78 is 30.1. The first-order valence-corrected chi connectivity index (χ1v) is 8.14. The second kappa shape index (κ2) is 6.20. The molecule has 7 nitrogen and oxygen atoms in total. The van der Waals surface area contributed by atoms with Gasteiger partial charge in [-0.3, -0.25) is 0 Å². The summed E-state index contributed by atoms with van der Waals surface area (Å²) in [5.74, 6) is -0.312. The molecular formula is C14H15N3O4S. The average Bonchev–Trinajstić information content (AvgIpc) is 2.48. The highest BCUT2D eigenvalue weighted by Gasteiger charge is 2.10. The minimum absolute atomic E-state index is 0.143. The number of aromatic amines is 1. The largest absolute Gasteiger partial charge is 0.748 e. The number of rotatable bonds is 1. The van der Waals surface area contributed by atoms with E-state index in [1.165, 1.54) is 6.92 Å². The summed E-state index contributed by atoms with van der Waals surface area (Å²) in [5.41, 5.74) is 2.01. The van der Waals surface area contributed by atoms with E-state index in [4.69, 9.17) is 0 Å². The molecule has 22 heavy (non-hydrogen) atoms. The van der Waals surface area contributed by atoms with Crippen molar-refractivity contribution in [2.24, 2.45) is 0 Å². The minimum Gasteiger partial charge on any atom is -0.748 e. The molecule has 1 aromatic carbocycles. The van der Waals surface area contributed by atoms with Gasteiger partial charge < -0.3 is 4.55 Å². The van der Waals surface area contributed by atoms with E-state index in [1.54, 1.807) is 11.4 Å². The molecule has 0 saturated carbocycles. The maximum Gasteiger partial charge on any atom is 0.357 e. The summed E-state index contributed by atoms with van der Waals surface area (Å²) in [6.45, 7) is 3.01. The lowest BCUT2D eigenvalue weighted by Crippen LogP contribution is -2.34. The fraction of sp³-hybridized carbons (Fsp3) is 0.214. The summed E-state index contributed by atoms with van der Waals surface area (Å²) >= 11 is 0. The first-order valence-electron chi connectivity index (χ1n) is 6.56. The number of para-hydroxylation sites is 1. The third-order valence-corrected chi connectivity index (χ3v) is 3.69. The molecule has 8 heteroatoms. The quantitative estimate of drug-likeness (QED) is 0.399. The van der Waals surface area contributed by atoms with Gasteiger partial charge in [0.1, 0.15) is 0 Å². The number of benzene rings is 1. The second-order valence-corrected chi connectivity index (χ2v) is 6.27. The van der Waals surface area contributed by atoms with Crippen molar-refractivity contribution in [1.82, 2.24) is 10.1 Å². The van der Waals surface area contributed by atoms with Gasteiger partial charge in [-0.1, -0.05) is 34.7 Å². The fourth-order valence-electron chi connectivity index (χ4n) is 1.79. The summed E-state index contributed by atoms with van der Waals surface area (Å²) in [6, 6.07) is 11.8. The number of aromatic nitrogens is 3. The van der Waals surface area contributed by atoms with Gasteiger partial charge in [0.2, 0.25) is 0 Å². The third kappa shape index (κ3) is 3.66. The van der Waals surface area contributed by atoms with Crippen molar-refractivity contribution < 1.29 is 17.5 Å². The van der Waals surface area contributed by atoms with Gasteiger partial charge in [0.05, 0.1) is 10.1 Å². The first-order chi connectivity index (χ1) is 10.3. The van der Waals surface area contributed by atoms with E-state index in [0.717, 1.165) is 10.9 Å². The van der Waals surface area contributed by atoms with Crippen molar-refractivity contribution in [3.05, 3.63) is 52.4 Å². The summed E-state index contributed by atoms with van der Waals surface area (Å²) in [6.07, 6.45) is 0. The number of H-pyrrole nitrogens is 1. The zero-order valence-electron chi connectivity index (χ0n) is 12.1. The molecule has 2 heterocycles. The van der Waals surface area contributed by atoms with Crippen LogP contribution in [0.1, 0.15) is 12.6 Å². The Hall–Kier alpha value is -2.32. The van der Waals surface area contributed by atoms with Crippen molar-refractivity contribution >= 4 is 26.7 Å². The second-order valence-electron chi connectivity index (χ2n) is 4.58. The Bertz CT molecular complexity index is 980. The predicted molar refractivity (Wildman–Crippen MR) is 80.5 cm³/mol. The van der Waals surface area contributed by atoms with Crippen LogP contribution in [0.15, 0.2) is 41.2 Å². The minimum atomic E-state index is -3.91. The van der Waals surface area contributed by atoms with Crippen molar-refractivity contribution in [3.8, 4) is 0 Å². The summed E-state index contributed by atoms with van der Waals surface area (Å²) in [7, 11) is -3.91. The smallest absolute Gasteiger partial charge is 0.357 e. The molecular weight excluding hydrogens is 306 g/mol. The van der Waals surface area contributed by atoms with Crippen LogP contribution in [-0.4, -0.2) is 28.8 Å². The Labute approximate surface area is 127 Å². The predicted octanol–water partition coefficient (Wildman–Crippen LogP) is 0.522. The third-order valence-electron chi connectivity index (χ3n) is 2.99. The molecule has 1 N–H and O–H groups in total. The van der Waals surface area contributed by atoms with Crippen molar-refractivity contribution in [3.63, 3.8) is 0 Å². The van der Waals surface area contributed by atoms with Crippen LogP contribution in [0.5, 0.6) is 0 Å². The fourth-order valence-corrected chi connectivity index (χ4v) is 1.79. The van der Waals surface area contributed by atoms with Crippen LogP contribution < -0.4 is 10.1 Å². The van der Waals surface area contributed by atoms with Crippen molar-refractivity contribution in [2.75, 3.05) is 5.75 Å². The number of fused-ring (bicyclic) bond motifs is 3. The van der Waals surface area contributed by atoms with E-state index in [1.807, 2.05) is 36.4 Å². The number of hydrogen-bond donors (Lipinski definition) is 1. The molecule has 0 unspecified atom stereocenters. The number of nitrogens with one attached hydrogen (secondary N) is 1. The van der Waals surface area contributed by atoms with Crippen molar-refractivity contribution in [2.45, 2.75) is 13.8 Å². The molecule has 0 aliphatic carbocycles. The Morgan fingerprint density at radius 2 is 1.86 bits per heavy atom. The maximum atomic E-state index is 11.4. The molecule has 2 aromatic heterocycles. The Kier molecular flexibility index (Phi) is 4.53. The molecule has 0 aliphatic heterocycles. The van der Waals surface area contributed by atoms with Gasteiger partial charge in [-0.2, -0.15) is 0 Å². The van der Waals surface area contributed by atoms with Crippen LogP contribution in [0.3, 0.4) is 0 Å². The van der Waals surface area contributed by atoms with Crippen LogP contribution in [0.25, 0.3) is 16.6 Å². The molecule has 0 radical (unpaired) electrons. The molecule has 0 amide bonds. The Morgan fingerprint density at radius 1 is 1.23 bits per heavy atom. The van der Waals surface area contributed by atoms with Crippen molar-refractivity contribution in [1.29, 1.82) is 0 Å². The van der Waals surface area contributed by atoms with Crippen LogP contribution in [-0.2, 0) is 10.1 Å². The molecule has 0 aliphatic rings. The monoisotopic (exact) mass is 321 g/mol. The molecule has 3 aromatic rings. The van der Waals surface area contributed by atoms with Crippen LogP contribution in [0.4, 0.5) is 0 Å². The Morgan fingerprint density at radius 3 is 2.50 bits per heavy atom. The van der Waals surface area contributed by atoms with Gasteiger partial charge in [-0.05, 0) is 19.1 Å². The number of aryl methyl sites for hydroxylation is 1. The highest BCUT2D eigenvalue weighted by molar-refractivity contribution is 7.85. The van der Waals surface area contributed by atoms with E-state index in [2.05, 4.69) is 10.1 Å². The van der Waals surface area contributed by atoms with Gasteiger partial charge >= 0.3 is 11.2 Å². The van der Waals surface area contributed by atoms with E-state index in [0.29, 0.717) is 11.3 Å². The van der Waals surface area contributed by atoms with Crippen LogP contribution in [0.2, 0.25) is 0 Å². The molecule has 0 atom stereocenters. The standard InChI is InChI=1S/C12H9N3O.C2H6O3S/c1-8-12(16)13-11-7-6-9-4-2-3-5-10(9)15(11)14-8;1-2-6(3,4)5/h2-7H,1H3;2H2,1H3,(H,3,4,5). The van der Waals surface area contributed by atoms with E-state index in [9.17, 15) is 17.8 Å². The van der Waals surface area contributed by atoms with Crippen LogP contribution >= 0.6 is 0 Å². The van der Waals surface area contributed by atoms with E-state index >= 15 is 0 Å². The van der Waals surface area contributed by atoms with Gasteiger partial charge in [0, 0.05) is 17.2 Å².